The van der Waals surface area contributed by atoms with E-state index in [1.165, 1.54) is 5.56 Å². The van der Waals surface area contributed by atoms with Crippen molar-refractivity contribution < 1.29 is 4.79 Å². The Labute approximate surface area is 137 Å². The van der Waals surface area contributed by atoms with Crippen LogP contribution in [0.25, 0.3) is 11.3 Å². The molecule has 2 N–H and O–H groups in total. The van der Waals surface area contributed by atoms with Crippen molar-refractivity contribution in [3.8, 4) is 11.3 Å². The molecule has 1 amide bonds. The van der Waals surface area contributed by atoms with E-state index < -0.39 is 0 Å². The normalized spacial score (nSPS) is 15.7. The zero-order valence-electron chi connectivity index (χ0n) is 13.5. The Morgan fingerprint density at radius 3 is 2.43 bits per heavy atom. The molecule has 3 rings (SSSR count). The van der Waals surface area contributed by atoms with Gasteiger partial charge in [-0.05, 0) is 37.0 Å². The number of aromatic nitrogens is 1. The maximum atomic E-state index is 12.5. The minimum Gasteiger partial charge on any atom is -0.338 e. The number of nitrogens with two attached hydrogens (primary N) is 1. The van der Waals surface area contributed by atoms with E-state index in [0.29, 0.717) is 5.56 Å². The molecule has 0 unspecified atom stereocenters. The van der Waals surface area contributed by atoms with Gasteiger partial charge in [0.2, 0.25) is 0 Å². The first-order valence-electron chi connectivity index (χ1n) is 8.27. The van der Waals surface area contributed by atoms with Crippen molar-refractivity contribution in [2.45, 2.75) is 32.2 Å². The summed E-state index contributed by atoms with van der Waals surface area (Å²) in [6.45, 7) is 3.61. The summed E-state index contributed by atoms with van der Waals surface area (Å²) in [7, 11) is 0. The van der Waals surface area contributed by atoms with E-state index in [-0.39, 0.29) is 11.9 Å². The Kier molecular flexibility index (Phi) is 4.72. The highest BCUT2D eigenvalue weighted by Gasteiger charge is 2.21. The molecule has 1 aliphatic rings. The lowest BCUT2D eigenvalue weighted by molar-refractivity contribution is 0.0714. The second-order valence-electron chi connectivity index (χ2n) is 6.11. The quantitative estimate of drug-likeness (QED) is 0.948. The zero-order chi connectivity index (χ0) is 16.2. The van der Waals surface area contributed by atoms with E-state index in [1.807, 2.05) is 17.0 Å². The lowest BCUT2D eigenvalue weighted by Gasteiger charge is -2.30. The van der Waals surface area contributed by atoms with Crippen LogP contribution in [0.4, 0.5) is 0 Å². The third-order valence-electron chi connectivity index (χ3n) is 4.50. The van der Waals surface area contributed by atoms with Crippen LogP contribution in [0.2, 0.25) is 0 Å². The van der Waals surface area contributed by atoms with Gasteiger partial charge in [-0.15, -0.1) is 0 Å². The van der Waals surface area contributed by atoms with Gasteiger partial charge in [-0.25, -0.2) is 0 Å². The third kappa shape index (κ3) is 3.59. The molecule has 2 heterocycles. The summed E-state index contributed by atoms with van der Waals surface area (Å²) in [6, 6.07) is 12.4. The average molecular weight is 309 g/mol. The molecular formula is C19H23N3O. The second-order valence-corrected chi connectivity index (χ2v) is 6.11. The van der Waals surface area contributed by atoms with Gasteiger partial charge in [0.1, 0.15) is 0 Å². The van der Waals surface area contributed by atoms with Gasteiger partial charge >= 0.3 is 0 Å². The predicted octanol–water partition coefficient (Wildman–Crippen LogP) is 2.87. The highest BCUT2D eigenvalue weighted by atomic mass is 16.2. The average Bonchev–Trinajstić information content (AvgIpc) is 2.62. The Bertz CT molecular complexity index is 656. The first kappa shape index (κ1) is 15.7. The van der Waals surface area contributed by atoms with Gasteiger partial charge in [0, 0.05) is 30.9 Å². The number of rotatable bonds is 3. The number of benzene rings is 1. The van der Waals surface area contributed by atoms with Crippen molar-refractivity contribution in [2.75, 3.05) is 13.1 Å². The largest absolute Gasteiger partial charge is 0.338 e. The van der Waals surface area contributed by atoms with Crippen LogP contribution in [-0.2, 0) is 6.42 Å². The molecule has 120 valence electrons. The predicted molar refractivity (Wildman–Crippen MR) is 92.2 cm³/mol. The Balaban J connectivity index is 1.72. The first-order chi connectivity index (χ1) is 11.2. The van der Waals surface area contributed by atoms with Crippen molar-refractivity contribution in [3.63, 3.8) is 0 Å². The molecule has 1 aliphatic heterocycles. The molecule has 1 saturated heterocycles. The van der Waals surface area contributed by atoms with Crippen molar-refractivity contribution in [1.29, 1.82) is 0 Å². The van der Waals surface area contributed by atoms with E-state index in [0.717, 1.165) is 43.6 Å². The molecule has 0 aliphatic carbocycles. The lowest BCUT2D eigenvalue weighted by atomic mass is 10.0. The highest BCUT2D eigenvalue weighted by molar-refractivity contribution is 5.94. The number of carbonyl (C=O) groups excluding carboxylic acids is 1. The first-order valence-corrected chi connectivity index (χ1v) is 8.27. The summed E-state index contributed by atoms with van der Waals surface area (Å²) in [6.07, 6.45) is 4.46. The van der Waals surface area contributed by atoms with Gasteiger partial charge in [0.25, 0.3) is 5.91 Å². The number of amides is 1. The van der Waals surface area contributed by atoms with E-state index in [9.17, 15) is 4.79 Å². The smallest absolute Gasteiger partial charge is 0.255 e. The maximum absolute atomic E-state index is 12.5. The van der Waals surface area contributed by atoms with E-state index in [2.05, 4.69) is 36.2 Å². The second kappa shape index (κ2) is 6.92. The minimum atomic E-state index is 0.0530. The molecule has 0 atom stereocenters. The fraction of sp³-hybridized carbons (Fsp3) is 0.368. The van der Waals surface area contributed by atoms with Crippen LogP contribution in [0.3, 0.4) is 0 Å². The van der Waals surface area contributed by atoms with E-state index >= 15 is 0 Å². The molecule has 4 heteroatoms. The lowest BCUT2D eigenvalue weighted by Crippen LogP contribution is -2.42. The number of hydrogen-bond acceptors (Lipinski definition) is 3. The van der Waals surface area contributed by atoms with Crippen molar-refractivity contribution in [1.82, 2.24) is 9.88 Å². The number of hydrogen-bond donors (Lipinski definition) is 1. The third-order valence-corrected chi connectivity index (χ3v) is 4.50. The summed E-state index contributed by atoms with van der Waals surface area (Å²) < 4.78 is 0. The zero-order valence-corrected chi connectivity index (χ0v) is 13.5. The van der Waals surface area contributed by atoms with Crippen molar-refractivity contribution in [3.05, 3.63) is 53.7 Å². The van der Waals surface area contributed by atoms with Crippen molar-refractivity contribution in [2.24, 2.45) is 5.73 Å². The highest BCUT2D eigenvalue weighted by Crippen LogP contribution is 2.19. The van der Waals surface area contributed by atoms with Gasteiger partial charge < -0.3 is 10.6 Å². The fourth-order valence-electron chi connectivity index (χ4n) is 2.89. The number of pyridine rings is 1. The summed E-state index contributed by atoms with van der Waals surface area (Å²) in [4.78, 5) is 18.8. The molecule has 1 aromatic carbocycles. The van der Waals surface area contributed by atoms with Crippen LogP contribution >= 0.6 is 0 Å². The van der Waals surface area contributed by atoms with Crippen LogP contribution in [0.1, 0.15) is 35.7 Å². The molecule has 2 aromatic rings. The standard InChI is InChI=1S/C19H23N3O/c1-2-14-3-5-15(6-4-14)18-8-7-16(13-21-18)19(23)22-11-9-17(20)10-12-22/h3-8,13,17H,2,9-12,20H2,1H3. The molecule has 23 heavy (non-hydrogen) atoms. The summed E-state index contributed by atoms with van der Waals surface area (Å²) in [5.41, 5.74) is 9.81. The SMILES string of the molecule is CCc1ccc(-c2ccc(C(=O)N3CCC(N)CC3)cn2)cc1. The monoisotopic (exact) mass is 309 g/mol. The number of carbonyl (C=O) groups is 1. The van der Waals surface area contributed by atoms with E-state index in [4.69, 9.17) is 5.73 Å². The van der Waals surface area contributed by atoms with Crippen molar-refractivity contribution >= 4 is 5.91 Å². The number of nitrogens with zero attached hydrogens (tertiary/aromatic N) is 2. The Hall–Kier alpha value is -2.20. The molecule has 0 bridgehead atoms. The molecule has 4 nitrogen and oxygen atoms in total. The Morgan fingerprint density at radius 1 is 1.17 bits per heavy atom. The van der Waals surface area contributed by atoms with Gasteiger partial charge in [-0.3, -0.25) is 9.78 Å². The van der Waals surface area contributed by atoms with Gasteiger partial charge in [0.05, 0.1) is 11.3 Å². The molecular weight excluding hydrogens is 286 g/mol. The summed E-state index contributed by atoms with van der Waals surface area (Å²) >= 11 is 0. The topological polar surface area (TPSA) is 59.2 Å². The molecule has 1 aromatic heterocycles. The Morgan fingerprint density at radius 2 is 1.87 bits per heavy atom. The van der Waals surface area contributed by atoms with Crippen LogP contribution in [-0.4, -0.2) is 34.9 Å². The van der Waals surface area contributed by atoms with Crippen LogP contribution in [0, 0.1) is 0 Å². The van der Waals surface area contributed by atoms with Crippen LogP contribution in [0.5, 0.6) is 0 Å². The number of piperidine rings is 1. The summed E-state index contributed by atoms with van der Waals surface area (Å²) in [5.74, 6) is 0.0530. The van der Waals surface area contributed by atoms with Gasteiger partial charge in [0.15, 0.2) is 0 Å². The molecule has 0 saturated carbocycles. The molecule has 1 fully saturated rings. The van der Waals surface area contributed by atoms with Gasteiger partial charge in [-0.2, -0.15) is 0 Å². The summed E-state index contributed by atoms with van der Waals surface area (Å²) in [5, 5.41) is 0. The number of likely N-dealkylation sites (tertiary alicyclic amines) is 1. The van der Waals surface area contributed by atoms with Crippen LogP contribution in [0.15, 0.2) is 42.6 Å². The molecule has 0 spiro atoms. The van der Waals surface area contributed by atoms with E-state index in [1.54, 1.807) is 6.20 Å². The fourth-order valence-corrected chi connectivity index (χ4v) is 2.89. The van der Waals surface area contributed by atoms with Gasteiger partial charge in [-0.1, -0.05) is 31.2 Å². The minimum absolute atomic E-state index is 0.0530. The number of aryl methyl sites for hydroxylation is 1. The maximum Gasteiger partial charge on any atom is 0.255 e. The van der Waals surface area contributed by atoms with Crippen LogP contribution < -0.4 is 5.73 Å². The molecule has 0 radical (unpaired) electrons.